The predicted molar refractivity (Wildman–Crippen MR) is 108 cm³/mol. The van der Waals surface area contributed by atoms with Gasteiger partial charge in [0.15, 0.2) is 0 Å². The molecule has 0 aliphatic rings. The van der Waals surface area contributed by atoms with E-state index in [-0.39, 0.29) is 23.4 Å². The van der Waals surface area contributed by atoms with Crippen molar-refractivity contribution in [1.82, 2.24) is 5.43 Å². The van der Waals surface area contributed by atoms with Gasteiger partial charge >= 0.3 is 0 Å². The Morgan fingerprint density at radius 2 is 1.93 bits per heavy atom. The Morgan fingerprint density at radius 1 is 1.21 bits per heavy atom. The number of nitro groups is 1. The molecule has 0 unspecified atom stereocenters. The summed E-state index contributed by atoms with van der Waals surface area (Å²) in [6.45, 7) is 1.53. The Bertz CT molecular complexity index is 978. The molecule has 11 heteroatoms. The zero-order valence-corrected chi connectivity index (χ0v) is 16.0. The topological polar surface area (TPSA) is 140 Å². The molecule has 0 aliphatic carbocycles. The molecule has 28 heavy (non-hydrogen) atoms. The lowest BCUT2D eigenvalue weighted by Gasteiger charge is -2.08. The molecule has 0 atom stereocenters. The third-order valence-electron chi connectivity index (χ3n) is 3.38. The minimum Gasteiger partial charge on any atom is -0.399 e. The number of non-ortho nitro benzene ring substituents is 1. The number of hydrogen-bond acceptors (Lipinski definition) is 6. The Balaban J connectivity index is 2.00. The van der Waals surface area contributed by atoms with Gasteiger partial charge in [-0.3, -0.25) is 19.7 Å². The molecule has 0 aliphatic heterocycles. The van der Waals surface area contributed by atoms with Crippen LogP contribution in [0.3, 0.4) is 0 Å². The second-order valence-electron chi connectivity index (χ2n) is 5.71. The van der Waals surface area contributed by atoms with Crippen molar-refractivity contribution in [3.05, 3.63) is 62.1 Å². The molecule has 4 N–H and O–H groups in total. The Hall–Kier alpha value is -3.17. The first-order valence-electron chi connectivity index (χ1n) is 7.79. The number of halogens is 2. The highest BCUT2D eigenvalue weighted by Gasteiger charge is 2.14. The number of hydrazone groups is 1. The number of carbonyl (C=O) groups is 2. The number of rotatable bonds is 6. The molecule has 2 rings (SSSR count). The summed E-state index contributed by atoms with van der Waals surface area (Å²) in [6, 6.07) is 8.12. The van der Waals surface area contributed by atoms with Crippen LogP contribution >= 0.6 is 23.2 Å². The van der Waals surface area contributed by atoms with Crippen molar-refractivity contribution in [3.8, 4) is 0 Å². The van der Waals surface area contributed by atoms with Crippen molar-refractivity contribution in [2.45, 2.75) is 13.3 Å². The Labute approximate surface area is 169 Å². The largest absolute Gasteiger partial charge is 0.399 e. The van der Waals surface area contributed by atoms with Crippen LogP contribution in [-0.4, -0.2) is 22.4 Å². The molecule has 0 heterocycles. The second-order valence-corrected chi connectivity index (χ2v) is 6.55. The monoisotopic (exact) mass is 423 g/mol. The van der Waals surface area contributed by atoms with Gasteiger partial charge in [-0.1, -0.05) is 23.2 Å². The Kier molecular flexibility index (Phi) is 6.91. The Morgan fingerprint density at radius 3 is 2.61 bits per heavy atom. The third kappa shape index (κ3) is 5.93. The maximum absolute atomic E-state index is 12.1. The second kappa shape index (κ2) is 9.16. The summed E-state index contributed by atoms with van der Waals surface area (Å²) in [5.41, 5.74) is 8.15. The highest BCUT2D eigenvalue weighted by Crippen LogP contribution is 2.25. The molecule has 0 radical (unpaired) electrons. The fourth-order valence-corrected chi connectivity index (χ4v) is 2.48. The van der Waals surface area contributed by atoms with Crippen molar-refractivity contribution in [1.29, 1.82) is 0 Å². The zero-order chi connectivity index (χ0) is 20.8. The molecular formula is C17H15Cl2N5O4. The van der Waals surface area contributed by atoms with Gasteiger partial charge in [-0.2, -0.15) is 5.10 Å². The number of carbonyl (C=O) groups excluding carboxylic acids is 2. The smallest absolute Gasteiger partial charge is 0.272 e. The van der Waals surface area contributed by atoms with Gasteiger partial charge in [-0.15, -0.1) is 0 Å². The number of nitrogens with zero attached hydrogens (tertiary/aromatic N) is 2. The number of nitro benzene ring substituents is 1. The van der Waals surface area contributed by atoms with E-state index in [1.165, 1.54) is 19.1 Å². The van der Waals surface area contributed by atoms with Gasteiger partial charge in [0.1, 0.15) is 0 Å². The van der Waals surface area contributed by atoms with E-state index in [2.05, 4.69) is 15.8 Å². The number of hydrogen-bond donors (Lipinski definition) is 3. The summed E-state index contributed by atoms with van der Waals surface area (Å²) in [7, 11) is 0. The van der Waals surface area contributed by atoms with E-state index >= 15 is 0 Å². The summed E-state index contributed by atoms with van der Waals surface area (Å²) in [4.78, 5) is 34.4. The maximum Gasteiger partial charge on any atom is 0.272 e. The number of amides is 2. The first-order valence-corrected chi connectivity index (χ1v) is 8.54. The minimum absolute atomic E-state index is 0.0292. The highest BCUT2D eigenvalue weighted by molar-refractivity contribution is 6.35. The fourth-order valence-electron chi connectivity index (χ4n) is 2.14. The van der Waals surface area contributed by atoms with Crippen molar-refractivity contribution in [3.63, 3.8) is 0 Å². The average Bonchev–Trinajstić information content (AvgIpc) is 2.62. The van der Waals surface area contributed by atoms with E-state index in [9.17, 15) is 19.7 Å². The van der Waals surface area contributed by atoms with Gasteiger partial charge < -0.3 is 11.1 Å². The SMILES string of the molecule is C/C(CC(=O)Nc1cc(Cl)ccc1Cl)=N\NC(=O)c1cc(N)cc([N+](=O)[O-])c1. The van der Waals surface area contributed by atoms with Gasteiger partial charge in [-0.25, -0.2) is 5.43 Å². The summed E-state index contributed by atoms with van der Waals surface area (Å²) >= 11 is 11.8. The number of nitrogen functional groups attached to an aromatic ring is 1. The number of nitrogens with two attached hydrogens (primary N) is 1. The van der Waals surface area contributed by atoms with Gasteiger partial charge in [0.2, 0.25) is 5.91 Å². The van der Waals surface area contributed by atoms with Gasteiger partial charge in [-0.05, 0) is 31.2 Å². The molecule has 0 bridgehead atoms. The van der Waals surface area contributed by atoms with Crippen molar-refractivity contribution in [2.24, 2.45) is 5.10 Å². The van der Waals surface area contributed by atoms with Crippen molar-refractivity contribution >= 4 is 57.8 Å². The predicted octanol–water partition coefficient (Wildman–Crippen LogP) is 3.62. The number of anilines is 2. The standard InChI is InChI=1S/C17H15Cl2N5O4/c1-9(4-16(25)21-15-7-11(18)2-3-14(15)19)22-23-17(26)10-5-12(20)8-13(6-10)24(27)28/h2-3,5-8H,4,20H2,1H3,(H,21,25)(H,23,26)/b22-9+. The van der Waals surface area contributed by atoms with E-state index in [1.807, 2.05) is 0 Å². The van der Waals surface area contributed by atoms with Crippen LogP contribution in [0.15, 0.2) is 41.5 Å². The lowest BCUT2D eigenvalue weighted by molar-refractivity contribution is -0.384. The van der Waals surface area contributed by atoms with Crippen LogP contribution in [0.5, 0.6) is 0 Å². The molecule has 0 spiro atoms. The van der Waals surface area contributed by atoms with Gasteiger partial charge in [0.25, 0.3) is 11.6 Å². The van der Waals surface area contributed by atoms with Crippen LogP contribution in [0, 0.1) is 10.1 Å². The van der Waals surface area contributed by atoms with Crippen LogP contribution in [0.4, 0.5) is 17.1 Å². The number of benzene rings is 2. The minimum atomic E-state index is -0.701. The van der Waals surface area contributed by atoms with Crippen LogP contribution < -0.4 is 16.5 Å². The molecule has 0 saturated heterocycles. The van der Waals surface area contributed by atoms with Crippen molar-refractivity contribution in [2.75, 3.05) is 11.1 Å². The molecule has 146 valence electrons. The summed E-state index contributed by atoms with van der Waals surface area (Å²) in [6.07, 6.45) is -0.125. The lowest BCUT2D eigenvalue weighted by atomic mass is 10.1. The van der Waals surface area contributed by atoms with Crippen LogP contribution in [-0.2, 0) is 4.79 Å². The van der Waals surface area contributed by atoms with Crippen LogP contribution in [0.2, 0.25) is 10.0 Å². The third-order valence-corrected chi connectivity index (χ3v) is 3.94. The molecule has 9 nitrogen and oxygen atoms in total. The molecule has 2 aromatic carbocycles. The summed E-state index contributed by atoms with van der Waals surface area (Å²) in [5, 5.41) is 18.0. The van der Waals surface area contributed by atoms with Crippen LogP contribution in [0.25, 0.3) is 0 Å². The molecule has 2 amide bonds. The maximum atomic E-state index is 12.1. The lowest BCUT2D eigenvalue weighted by Crippen LogP contribution is -2.21. The quantitative estimate of drug-likeness (QED) is 0.281. The molecular weight excluding hydrogens is 409 g/mol. The first-order chi connectivity index (χ1) is 13.2. The van der Waals surface area contributed by atoms with E-state index in [4.69, 9.17) is 28.9 Å². The molecule has 0 saturated carbocycles. The highest BCUT2D eigenvalue weighted by atomic mass is 35.5. The summed E-state index contributed by atoms with van der Waals surface area (Å²) in [5.74, 6) is -1.12. The van der Waals surface area contributed by atoms with Crippen molar-refractivity contribution < 1.29 is 14.5 Å². The first kappa shape index (κ1) is 21.1. The summed E-state index contributed by atoms with van der Waals surface area (Å²) < 4.78 is 0. The van der Waals surface area contributed by atoms with E-state index in [0.29, 0.717) is 21.4 Å². The van der Waals surface area contributed by atoms with E-state index in [1.54, 1.807) is 12.1 Å². The van der Waals surface area contributed by atoms with Gasteiger partial charge in [0, 0.05) is 28.6 Å². The van der Waals surface area contributed by atoms with Crippen LogP contribution in [0.1, 0.15) is 23.7 Å². The normalized spacial score (nSPS) is 11.0. The molecule has 0 aromatic heterocycles. The number of nitrogens with one attached hydrogen (secondary N) is 2. The van der Waals surface area contributed by atoms with Gasteiger partial charge in [0.05, 0.1) is 27.6 Å². The van der Waals surface area contributed by atoms with E-state index in [0.717, 1.165) is 12.1 Å². The van der Waals surface area contributed by atoms with E-state index < -0.39 is 16.7 Å². The fraction of sp³-hybridized carbons (Fsp3) is 0.118. The average molecular weight is 424 g/mol. The zero-order valence-electron chi connectivity index (χ0n) is 14.5. The molecule has 2 aromatic rings. The molecule has 0 fully saturated rings.